The molecule has 180 valence electrons. The molecule has 2 aromatic heterocycles. The SMILES string of the molecule is C=C(c1cc(C)ccc1-c1ncccn1)N(C)C(CC)C(CCC)COc1ncc(Cl)cc1F. The molecule has 2 unspecified atom stereocenters. The maximum Gasteiger partial charge on any atom is 0.250 e. The smallest absolute Gasteiger partial charge is 0.250 e. The third-order valence-electron chi connectivity index (χ3n) is 6.05. The van der Waals surface area contributed by atoms with E-state index in [1.807, 2.05) is 6.07 Å². The van der Waals surface area contributed by atoms with Gasteiger partial charge in [0.25, 0.3) is 0 Å². The van der Waals surface area contributed by atoms with E-state index in [1.54, 1.807) is 18.5 Å². The summed E-state index contributed by atoms with van der Waals surface area (Å²) in [6.07, 6.45) is 7.66. The topological polar surface area (TPSA) is 51.1 Å². The van der Waals surface area contributed by atoms with Crippen molar-refractivity contribution < 1.29 is 9.13 Å². The summed E-state index contributed by atoms with van der Waals surface area (Å²) in [4.78, 5) is 15.1. The minimum absolute atomic E-state index is 0.0240. The molecule has 0 amide bonds. The van der Waals surface area contributed by atoms with Crippen LogP contribution in [-0.4, -0.2) is 39.5 Å². The number of pyridine rings is 1. The monoisotopic (exact) mass is 482 g/mol. The number of aromatic nitrogens is 3. The molecule has 2 atom stereocenters. The molecule has 0 bridgehead atoms. The number of rotatable bonds is 11. The first-order valence-electron chi connectivity index (χ1n) is 11.6. The van der Waals surface area contributed by atoms with Crippen molar-refractivity contribution in [3.8, 4) is 17.3 Å². The lowest BCUT2D eigenvalue weighted by atomic mass is 9.91. The first-order chi connectivity index (χ1) is 16.3. The predicted molar refractivity (Wildman–Crippen MR) is 136 cm³/mol. The van der Waals surface area contributed by atoms with Gasteiger partial charge in [-0.15, -0.1) is 0 Å². The highest BCUT2D eigenvalue weighted by Gasteiger charge is 2.27. The van der Waals surface area contributed by atoms with Gasteiger partial charge in [-0.1, -0.05) is 56.1 Å². The largest absolute Gasteiger partial charge is 0.475 e. The number of benzene rings is 1. The van der Waals surface area contributed by atoms with E-state index >= 15 is 0 Å². The molecule has 7 heteroatoms. The molecule has 0 N–H and O–H groups in total. The van der Waals surface area contributed by atoms with Crippen molar-refractivity contribution in [3.05, 3.63) is 77.5 Å². The Labute approximate surface area is 206 Å². The van der Waals surface area contributed by atoms with Crippen LogP contribution in [0.2, 0.25) is 5.02 Å². The molecule has 0 aliphatic carbocycles. The summed E-state index contributed by atoms with van der Waals surface area (Å²) in [5, 5.41) is 0.244. The molecule has 0 saturated carbocycles. The van der Waals surface area contributed by atoms with Gasteiger partial charge in [-0.3, -0.25) is 0 Å². The van der Waals surface area contributed by atoms with Crippen LogP contribution < -0.4 is 4.74 Å². The van der Waals surface area contributed by atoms with E-state index in [-0.39, 0.29) is 22.9 Å². The molecular formula is C27H32ClFN4O. The van der Waals surface area contributed by atoms with Crippen LogP contribution in [0.1, 0.15) is 44.2 Å². The van der Waals surface area contributed by atoms with Gasteiger partial charge in [0.1, 0.15) is 0 Å². The van der Waals surface area contributed by atoms with Crippen molar-refractivity contribution in [3.63, 3.8) is 0 Å². The molecule has 3 aromatic rings. The van der Waals surface area contributed by atoms with E-state index in [2.05, 4.69) is 66.4 Å². The molecule has 1 aromatic carbocycles. The Hall–Kier alpha value is -2.99. The Morgan fingerprint density at radius 3 is 2.56 bits per heavy atom. The van der Waals surface area contributed by atoms with Crippen LogP contribution in [0.15, 0.2) is 55.5 Å². The fourth-order valence-electron chi connectivity index (χ4n) is 4.30. The maximum absolute atomic E-state index is 14.2. The van der Waals surface area contributed by atoms with Crippen LogP contribution >= 0.6 is 11.6 Å². The second kappa shape index (κ2) is 11.9. The number of aryl methyl sites for hydroxylation is 1. The summed E-state index contributed by atoms with van der Waals surface area (Å²) in [7, 11) is 2.05. The molecule has 0 saturated heterocycles. The Morgan fingerprint density at radius 1 is 1.18 bits per heavy atom. The second-order valence-electron chi connectivity index (χ2n) is 8.45. The lowest BCUT2D eigenvalue weighted by molar-refractivity contribution is 0.145. The zero-order valence-electron chi connectivity index (χ0n) is 20.3. The van der Waals surface area contributed by atoms with E-state index in [1.165, 1.54) is 12.3 Å². The third kappa shape index (κ3) is 6.11. The summed E-state index contributed by atoms with van der Waals surface area (Å²) in [6, 6.07) is 9.37. The predicted octanol–water partition coefficient (Wildman–Crippen LogP) is 6.82. The molecule has 0 aliphatic heterocycles. The number of hydrogen-bond donors (Lipinski definition) is 0. The molecule has 0 radical (unpaired) electrons. The molecule has 0 fully saturated rings. The molecule has 2 heterocycles. The van der Waals surface area contributed by atoms with E-state index in [9.17, 15) is 4.39 Å². The van der Waals surface area contributed by atoms with Gasteiger partial charge in [-0.25, -0.2) is 19.3 Å². The van der Waals surface area contributed by atoms with E-state index in [0.29, 0.717) is 12.4 Å². The van der Waals surface area contributed by atoms with Crippen molar-refractivity contribution in [2.45, 2.75) is 46.1 Å². The van der Waals surface area contributed by atoms with Gasteiger partial charge in [0.05, 0.1) is 11.6 Å². The summed E-state index contributed by atoms with van der Waals surface area (Å²) in [6.45, 7) is 11.1. The Balaban J connectivity index is 1.86. The van der Waals surface area contributed by atoms with E-state index < -0.39 is 5.82 Å². The van der Waals surface area contributed by atoms with Gasteiger partial charge in [0, 0.05) is 54.4 Å². The second-order valence-corrected chi connectivity index (χ2v) is 8.89. The van der Waals surface area contributed by atoms with Gasteiger partial charge in [0.15, 0.2) is 11.6 Å². The Kier molecular flexibility index (Phi) is 8.99. The van der Waals surface area contributed by atoms with Crippen LogP contribution in [0.5, 0.6) is 5.88 Å². The fourth-order valence-corrected chi connectivity index (χ4v) is 4.44. The highest BCUT2D eigenvalue weighted by Crippen LogP contribution is 2.32. The zero-order valence-corrected chi connectivity index (χ0v) is 21.0. The van der Waals surface area contributed by atoms with E-state index in [4.69, 9.17) is 16.3 Å². The van der Waals surface area contributed by atoms with Gasteiger partial charge >= 0.3 is 0 Å². The standard InChI is InChI=1S/C27H32ClFN4O/c1-6-9-20(17-34-27-24(29)15-21(28)16-32-27)25(7-2)33(5)19(4)23-14-18(3)10-11-22(23)26-30-12-8-13-31-26/h8,10-16,20,25H,4,6-7,9,17H2,1-3,5H3. The van der Waals surface area contributed by atoms with Crippen LogP contribution in [0, 0.1) is 18.7 Å². The molecule has 0 aliphatic rings. The van der Waals surface area contributed by atoms with Crippen LogP contribution in [0.4, 0.5) is 4.39 Å². The van der Waals surface area contributed by atoms with E-state index in [0.717, 1.165) is 41.6 Å². The van der Waals surface area contributed by atoms with Crippen LogP contribution in [-0.2, 0) is 0 Å². The molecular weight excluding hydrogens is 451 g/mol. The van der Waals surface area contributed by atoms with Gasteiger partial charge < -0.3 is 9.64 Å². The van der Waals surface area contributed by atoms with Crippen molar-refractivity contribution in [2.75, 3.05) is 13.7 Å². The maximum atomic E-state index is 14.2. The first-order valence-corrected chi connectivity index (χ1v) is 12.0. The molecule has 34 heavy (non-hydrogen) atoms. The van der Waals surface area contributed by atoms with Crippen LogP contribution in [0.25, 0.3) is 17.1 Å². The van der Waals surface area contributed by atoms with Crippen molar-refractivity contribution in [1.29, 1.82) is 0 Å². The van der Waals surface area contributed by atoms with Crippen LogP contribution in [0.3, 0.4) is 0 Å². The minimum Gasteiger partial charge on any atom is -0.475 e. The first kappa shape index (κ1) is 25.6. The molecule has 3 rings (SSSR count). The number of nitrogens with zero attached hydrogens (tertiary/aromatic N) is 4. The summed E-state index contributed by atoms with van der Waals surface area (Å²) in [5.74, 6) is 0.234. The fraction of sp³-hybridized carbons (Fsp3) is 0.370. The summed E-state index contributed by atoms with van der Waals surface area (Å²) in [5.41, 5.74) is 3.95. The Bertz CT molecular complexity index is 1110. The van der Waals surface area contributed by atoms with Gasteiger partial charge in [-0.2, -0.15) is 0 Å². The quantitative estimate of drug-likeness (QED) is 0.300. The van der Waals surface area contributed by atoms with Crippen molar-refractivity contribution >= 4 is 17.3 Å². The highest BCUT2D eigenvalue weighted by molar-refractivity contribution is 6.30. The Morgan fingerprint density at radius 2 is 1.91 bits per heavy atom. The average Bonchev–Trinajstić information content (AvgIpc) is 2.83. The number of ether oxygens (including phenoxy) is 1. The summed E-state index contributed by atoms with van der Waals surface area (Å²) >= 11 is 5.82. The lowest BCUT2D eigenvalue weighted by Crippen LogP contribution is -2.39. The van der Waals surface area contributed by atoms with Crippen molar-refractivity contribution in [1.82, 2.24) is 19.9 Å². The number of halogens is 2. The molecule has 0 spiro atoms. The lowest BCUT2D eigenvalue weighted by Gasteiger charge is -2.37. The van der Waals surface area contributed by atoms with Gasteiger partial charge in [-0.05, 0) is 38.0 Å². The van der Waals surface area contributed by atoms with Crippen molar-refractivity contribution in [2.24, 2.45) is 5.92 Å². The zero-order chi connectivity index (χ0) is 24.7. The average molecular weight is 483 g/mol. The normalized spacial score (nSPS) is 12.8. The molecule has 5 nitrogen and oxygen atoms in total. The highest BCUT2D eigenvalue weighted by atomic mass is 35.5. The summed E-state index contributed by atoms with van der Waals surface area (Å²) < 4.78 is 20.0. The minimum atomic E-state index is -0.555. The van der Waals surface area contributed by atoms with Gasteiger partial charge in [0.2, 0.25) is 5.88 Å². The third-order valence-corrected chi connectivity index (χ3v) is 6.25. The number of hydrogen-bond acceptors (Lipinski definition) is 5.